The van der Waals surface area contributed by atoms with Crippen molar-refractivity contribution in [3.05, 3.63) is 17.0 Å². The molecule has 5 nitrogen and oxygen atoms in total. The van der Waals surface area contributed by atoms with Crippen LogP contribution >= 0.6 is 11.3 Å². The number of nitrogens with zero attached hydrogens (tertiary/aromatic N) is 1. The number of carboxylic acid groups (broad SMARTS) is 1. The lowest BCUT2D eigenvalue weighted by atomic mass is 10.4. The lowest BCUT2D eigenvalue weighted by Gasteiger charge is -2.19. The Labute approximate surface area is 98.4 Å². The Hall–Kier alpha value is -0.920. The highest BCUT2D eigenvalue weighted by atomic mass is 32.2. The predicted molar refractivity (Wildman–Crippen MR) is 61.4 cm³/mol. The zero-order chi connectivity index (χ0) is 12.5. The largest absolute Gasteiger partial charge is 0.477 e. The van der Waals surface area contributed by atoms with Crippen molar-refractivity contribution in [2.24, 2.45) is 0 Å². The number of hydrogen-bond acceptors (Lipinski definition) is 4. The van der Waals surface area contributed by atoms with Gasteiger partial charge in [0.15, 0.2) is 0 Å². The average Bonchev–Trinajstić information content (AvgIpc) is 2.65. The Morgan fingerprint density at radius 3 is 2.38 bits per heavy atom. The third kappa shape index (κ3) is 2.42. The zero-order valence-corrected chi connectivity index (χ0v) is 10.8. The molecule has 0 saturated carbocycles. The van der Waals surface area contributed by atoms with E-state index in [0.29, 0.717) is 0 Å². The summed E-state index contributed by atoms with van der Waals surface area (Å²) in [5.41, 5.74) is 0. The molecule has 0 atom stereocenters. The van der Waals surface area contributed by atoms with Crippen molar-refractivity contribution in [3.8, 4) is 0 Å². The van der Waals surface area contributed by atoms with E-state index in [2.05, 4.69) is 0 Å². The maximum absolute atomic E-state index is 12.0. The van der Waals surface area contributed by atoms with Gasteiger partial charge in [0.1, 0.15) is 9.09 Å². The monoisotopic (exact) mass is 263 g/mol. The molecule has 1 heterocycles. The van der Waals surface area contributed by atoms with E-state index < -0.39 is 16.0 Å². The molecule has 1 N–H and O–H groups in total. The van der Waals surface area contributed by atoms with Crippen LogP contribution in [0.2, 0.25) is 0 Å². The van der Waals surface area contributed by atoms with Crippen LogP contribution in [-0.4, -0.2) is 36.9 Å². The molecule has 0 radical (unpaired) electrons. The highest BCUT2D eigenvalue weighted by Crippen LogP contribution is 2.25. The molecule has 0 unspecified atom stereocenters. The minimum absolute atomic E-state index is 0.0238. The first kappa shape index (κ1) is 13.1. The summed E-state index contributed by atoms with van der Waals surface area (Å²) >= 11 is 0.764. The van der Waals surface area contributed by atoms with Gasteiger partial charge in [0.2, 0.25) is 0 Å². The van der Waals surface area contributed by atoms with Crippen LogP contribution in [0.3, 0.4) is 0 Å². The zero-order valence-electron chi connectivity index (χ0n) is 9.17. The van der Waals surface area contributed by atoms with Crippen molar-refractivity contribution in [2.75, 3.05) is 7.05 Å². The number of sulfonamides is 1. The summed E-state index contributed by atoms with van der Waals surface area (Å²) in [7, 11) is -2.09. The number of hydrogen-bond donors (Lipinski definition) is 1. The van der Waals surface area contributed by atoms with Crippen molar-refractivity contribution in [3.63, 3.8) is 0 Å². The summed E-state index contributed by atoms with van der Waals surface area (Å²) in [5, 5.41) is 8.71. The highest BCUT2D eigenvalue weighted by molar-refractivity contribution is 7.91. The molecule has 0 spiro atoms. The summed E-state index contributed by atoms with van der Waals surface area (Å²) in [4.78, 5) is 10.7. The van der Waals surface area contributed by atoms with Crippen LogP contribution in [0.1, 0.15) is 23.5 Å². The van der Waals surface area contributed by atoms with Crippen LogP contribution in [0, 0.1) is 0 Å². The van der Waals surface area contributed by atoms with Gasteiger partial charge in [-0.3, -0.25) is 0 Å². The van der Waals surface area contributed by atoms with E-state index in [1.807, 2.05) is 0 Å². The fourth-order valence-corrected chi connectivity index (χ4v) is 3.69. The first-order valence-corrected chi connectivity index (χ1v) is 6.83. The van der Waals surface area contributed by atoms with Gasteiger partial charge >= 0.3 is 5.97 Å². The third-order valence-electron chi connectivity index (χ3n) is 2.15. The maximum atomic E-state index is 12.0. The van der Waals surface area contributed by atoms with Crippen LogP contribution in [0.5, 0.6) is 0 Å². The third-order valence-corrected chi connectivity index (χ3v) is 5.73. The molecule has 1 rings (SSSR count). The van der Waals surface area contributed by atoms with E-state index in [1.54, 1.807) is 13.8 Å². The molecule has 1 aromatic heterocycles. The molecule has 7 heteroatoms. The van der Waals surface area contributed by atoms with Crippen molar-refractivity contribution in [2.45, 2.75) is 24.1 Å². The van der Waals surface area contributed by atoms with E-state index in [4.69, 9.17) is 5.11 Å². The van der Waals surface area contributed by atoms with Gasteiger partial charge in [0, 0.05) is 13.1 Å². The predicted octanol–water partition coefficient (Wildman–Crippen LogP) is 1.48. The minimum atomic E-state index is -3.56. The first-order chi connectivity index (χ1) is 7.26. The number of thiophene rings is 1. The minimum Gasteiger partial charge on any atom is -0.477 e. The van der Waals surface area contributed by atoms with Crippen molar-refractivity contribution >= 4 is 27.3 Å². The molecule has 1 aromatic rings. The first-order valence-electron chi connectivity index (χ1n) is 4.58. The van der Waals surface area contributed by atoms with Gasteiger partial charge in [0.25, 0.3) is 10.0 Å². The molecule has 0 saturated heterocycles. The van der Waals surface area contributed by atoms with Crippen molar-refractivity contribution in [1.29, 1.82) is 0 Å². The molecule has 0 fully saturated rings. The summed E-state index contributed by atoms with van der Waals surface area (Å²) in [5.74, 6) is -1.11. The summed E-state index contributed by atoms with van der Waals surface area (Å²) < 4.78 is 25.2. The van der Waals surface area contributed by atoms with Crippen molar-refractivity contribution < 1.29 is 18.3 Å². The van der Waals surface area contributed by atoms with E-state index in [9.17, 15) is 13.2 Å². The molecule has 0 aromatic carbocycles. The number of carboxylic acids is 1. The second-order valence-corrected chi connectivity index (χ2v) is 6.85. The molecule has 0 aliphatic carbocycles. The van der Waals surface area contributed by atoms with Crippen LogP contribution < -0.4 is 0 Å². The van der Waals surface area contributed by atoms with Gasteiger partial charge < -0.3 is 5.11 Å². The SMILES string of the molecule is CC(C)N(C)S(=O)(=O)c1ccc(C(=O)O)s1. The molecule has 0 aliphatic rings. The van der Waals surface area contributed by atoms with Gasteiger partial charge in [0.05, 0.1) is 0 Å². The van der Waals surface area contributed by atoms with Crippen LogP contribution in [0.4, 0.5) is 0 Å². The number of carbonyl (C=O) groups is 1. The fraction of sp³-hybridized carbons (Fsp3) is 0.444. The Morgan fingerprint density at radius 1 is 1.44 bits per heavy atom. The van der Waals surface area contributed by atoms with Crippen molar-refractivity contribution in [1.82, 2.24) is 4.31 Å². The molecular formula is C9H13NO4S2. The van der Waals surface area contributed by atoms with Gasteiger partial charge in [-0.25, -0.2) is 13.2 Å². The Balaban J connectivity index is 3.13. The standard InChI is InChI=1S/C9H13NO4S2/c1-6(2)10(3)16(13,14)8-5-4-7(15-8)9(11)12/h4-6H,1-3H3,(H,11,12). The lowest BCUT2D eigenvalue weighted by Crippen LogP contribution is -2.32. The van der Waals surface area contributed by atoms with E-state index in [1.165, 1.54) is 23.5 Å². The van der Waals surface area contributed by atoms with E-state index >= 15 is 0 Å². The Bertz CT molecular complexity index is 489. The molecule has 0 aliphatic heterocycles. The Kier molecular flexibility index (Phi) is 3.72. The highest BCUT2D eigenvalue weighted by Gasteiger charge is 2.25. The summed E-state index contributed by atoms with van der Waals surface area (Å²) in [6, 6.07) is 2.46. The molecule has 0 bridgehead atoms. The fourth-order valence-electron chi connectivity index (χ4n) is 0.993. The van der Waals surface area contributed by atoms with E-state index in [-0.39, 0.29) is 15.1 Å². The second kappa shape index (κ2) is 4.52. The van der Waals surface area contributed by atoms with Gasteiger partial charge in [-0.1, -0.05) is 0 Å². The van der Waals surface area contributed by atoms with Crippen LogP contribution in [0.15, 0.2) is 16.3 Å². The van der Waals surface area contributed by atoms with Gasteiger partial charge in [-0.15, -0.1) is 11.3 Å². The maximum Gasteiger partial charge on any atom is 0.345 e. The summed E-state index contributed by atoms with van der Waals surface area (Å²) in [6.07, 6.45) is 0. The summed E-state index contributed by atoms with van der Waals surface area (Å²) in [6.45, 7) is 3.51. The molecule has 90 valence electrons. The molecule has 16 heavy (non-hydrogen) atoms. The number of rotatable bonds is 4. The lowest BCUT2D eigenvalue weighted by molar-refractivity contribution is 0.0702. The Morgan fingerprint density at radius 2 is 2.00 bits per heavy atom. The number of aromatic carboxylic acids is 1. The quantitative estimate of drug-likeness (QED) is 0.892. The molecule has 0 amide bonds. The van der Waals surface area contributed by atoms with Crippen LogP contribution in [0.25, 0.3) is 0 Å². The van der Waals surface area contributed by atoms with Gasteiger partial charge in [-0.05, 0) is 26.0 Å². The molecular weight excluding hydrogens is 250 g/mol. The second-order valence-electron chi connectivity index (χ2n) is 3.54. The smallest absolute Gasteiger partial charge is 0.345 e. The average molecular weight is 263 g/mol. The topological polar surface area (TPSA) is 74.7 Å². The van der Waals surface area contributed by atoms with Crippen LogP contribution in [-0.2, 0) is 10.0 Å². The van der Waals surface area contributed by atoms with Gasteiger partial charge in [-0.2, -0.15) is 4.31 Å². The normalized spacial score (nSPS) is 12.3. The van der Waals surface area contributed by atoms with E-state index in [0.717, 1.165) is 11.3 Å².